The van der Waals surface area contributed by atoms with E-state index in [4.69, 9.17) is 0 Å². The molecule has 1 saturated carbocycles. The van der Waals surface area contributed by atoms with Gasteiger partial charge in [0.1, 0.15) is 11.6 Å². The van der Waals surface area contributed by atoms with Gasteiger partial charge in [-0.1, -0.05) is 50.2 Å². The van der Waals surface area contributed by atoms with Crippen molar-refractivity contribution in [2.75, 3.05) is 35.8 Å². The molecular weight excluding hydrogens is 446 g/mol. The Kier molecular flexibility index (Phi) is 4.58. The van der Waals surface area contributed by atoms with Crippen molar-refractivity contribution in [1.29, 1.82) is 0 Å². The number of anilines is 3. The highest BCUT2D eigenvalue weighted by Gasteiger charge is 2.49. The van der Waals surface area contributed by atoms with Crippen LogP contribution >= 0.6 is 0 Å². The first kappa shape index (κ1) is 22.8. The Bertz CT molecular complexity index is 1460. The van der Waals surface area contributed by atoms with Gasteiger partial charge in [0.2, 0.25) is 0 Å². The molecule has 1 aliphatic carbocycles. The Labute approximate surface area is 213 Å². The molecule has 0 aromatic heterocycles. The largest absolute Gasteiger partial charge is 0.367 e. The Morgan fingerprint density at radius 2 is 1.36 bits per heavy atom. The van der Waals surface area contributed by atoms with Gasteiger partial charge in [-0.3, -0.25) is 9.59 Å². The summed E-state index contributed by atoms with van der Waals surface area (Å²) >= 11 is 0. The van der Waals surface area contributed by atoms with Gasteiger partial charge in [-0.2, -0.15) is 0 Å². The minimum absolute atomic E-state index is 0.0559. The number of nitrogens with zero attached hydrogens (tertiary/aromatic N) is 3. The number of allylic oxidation sites excluding steroid dienone is 1. The van der Waals surface area contributed by atoms with Gasteiger partial charge >= 0.3 is 0 Å². The summed E-state index contributed by atoms with van der Waals surface area (Å²) in [5, 5.41) is 2.08. The molecule has 2 aliphatic heterocycles. The number of carbonyl (C=O) groups is 2. The van der Waals surface area contributed by atoms with E-state index >= 15 is 0 Å². The van der Waals surface area contributed by atoms with Crippen LogP contribution in [0.3, 0.4) is 0 Å². The standard InChI is InChI=1S/C31H33N3O2/c1-30(2)21-12-8-9-13-22(21)32(5)25(30)17-20-28(35)27(29(20)36)19-15-16-24-26-18(19)11-10-14-23(26)33(6)31(3,4)34(24)7/h8-17,25,27H,1-7H3. The van der Waals surface area contributed by atoms with Crippen LogP contribution < -0.4 is 14.7 Å². The predicted molar refractivity (Wildman–Crippen MR) is 147 cm³/mol. The molecule has 36 heavy (non-hydrogen) atoms. The number of carbonyl (C=O) groups excluding carboxylic acids is 2. The first-order valence-corrected chi connectivity index (χ1v) is 12.6. The summed E-state index contributed by atoms with van der Waals surface area (Å²) in [4.78, 5) is 33.8. The minimum Gasteiger partial charge on any atom is -0.367 e. The smallest absolute Gasteiger partial charge is 0.181 e. The Morgan fingerprint density at radius 1 is 0.750 bits per heavy atom. The second kappa shape index (κ2) is 7.22. The maximum atomic E-state index is 13.6. The summed E-state index contributed by atoms with van der Waals surface area (Å²) in [6.45, 7) is 8.75. The molecule has 3 aromatic carbocycles. The second-order valence-electron chi connectivity index (χ2n) is 11.5. The summed E-state index contributed by atoms with van der Waals surface area (Å²) in [6, 6.07) is 18.5. The lowest BCUT2D eigenvalue weighted by Crippen LogP contribution is -2.56. The summed E-state index contributed by atoms with van der Waals surface area (Å²) in [6.07, 6.45) is 1.91. The normalized spacial score (nSPS) is 23.8. The van der Waals surface area contributed by atoms with Crippen LogP contribution in [0, 0.1) is 0 Å². The number of para-hydroxylation sites is 1. The number of fused-ring (bicyclic) bond motifs is 1. The number of benzene rings is 3. The highest BCUT2D eigenvalue weighted by atomic mass is 16.2. The van der Waals surface area contributed by atoms with Gasteiger partial charge in [-0.15, -0.1) is 0 Å². The number of hydrogen-bond acceptors (Lipinski definition) is 5. The van der Waals surface area contributed by atoms with Gasteiger partial charge in [0, 0.05) is 49.0 Å². The summed E-state index contributed by atoms with van der Waals surface area (Å²) in [7, 11) is 6.24. The van der Waals surface area contributed by atoms with Gasteiger partial charge in [0.15, 0.2) is 11.6 Å². The quantitative estimate of drug-likeness (QED) is 0.279. The zero-order valence-electron chi connectivity index (χ0n) is 22.1. The summed E-state index contributed by atoms with van der Waals surface area (Å²) < 4.78 is 0. The van der Waals surface area contributed by atoms with Gasteiger partial charge in [0.05, 0.1) is 11.6 Å². The average molecular weight is 480 g/mol. The van der Waals surface area contributed by atoms with Crippen molar-refractivity contribution in [3.05, 3.63) is 77.4 Å². The lowest BCUT2D eigenvalue weighted by atomic mass is 9.69. The molecule has 2 heterocycles. The first-order valence-electron chi connectivity index (χ1n) is 12.6. The fourth-order valence-corrected chi connectivity index (χ4v) is 6.53. The van der Waals surface area contributed by atoms with E-state index in [1.807, 2.05) is 43.5 Å². The van der Waals surface area contributed by atoms with E-state index in [-0.39, 0.29) is 28.7 Å². The molecule has 0 bridgehead atoms. The molecule has 1 fully saturated rings. The molecule has 184 valence electrons. The van der Waals surface area contributed by atoms with Crippen molar-refractivity contribution in [3.8, 4) is 0 Å². The van der Waals surface area contributed by atoms with Crippen LogP contribution in [0.15, 0.2) is 66.2 Å². The van der Waals surface area contributed by atoms with Crippen molar-refractivity contribution in [3.63, 3.8) is 0 Å². The van der Waals surface area contributed by atoms with E-state index in [2.05, 4.69) is 80.8 Å². The van der Waals surface area contributed by atoms with Crippen LogP contribution in [-0.2, 0) is 15.0 Å². The number of likely N-dealkylation sites (N-methyl/N-ethyl adjacent to an activating group) is 1. The molecule has 6 rings (SSSR count). The maximum absolute atomic E-state index is 13.6. The SMILES string of the molecule is CN1c2ccccc2C(C)(C)C1C=C1C(=O)C(c2ccc3c4c(cccc24)N(C)C(C)(C)N3C)C1=O. The molecule has 1 unspecified atom stereocenters. The van der Waals surface area contributed by atoms with Crippen LogP contribution in [0.5, 0.6) is 0 Å². The lowest BCUT2D eigenvalue weighted by Gasteiger charge is -2.50. The fraction of sp³-hybridized carbons (Fsp3) is 0.355. The lowest BCUT2D eigenvalue weighted by molar-refractivity contribution is -0.133. The van der Waals surface area contributed by atoms with Crippen LogP contribution in [0.2, 0.25) is 0 Å². The van der Waals surface area contributed by atoms with Gasteiger partial charge < -0.3 is 14.7 Å². The number of ketones is 2. The Balaban J connectivity index is 1.40. The number of hydrogen-bond donors (Lipinski definition) is 0. The Hall–Kier alpha value is -3.60. The third-order valence-corrected chi connectivity index (χ3v) is 9.22. The van der Waals surface area contributed by atoms with E-state index in [0.717, 1.165) is 33.4 Å². The van der Waals surface area contributed by atoms with E-state index in [1.165, 1.54) is 5.56 Å². The van der Waals surface area contributed by atoms with E-state index in [0.29, 0.717) is 5.57 Å². The zero-order valence-corrected chi connectivity index (χ0v) is 22.1. The van der Waals surface area contributed by atoms with Crippen LogP contribution in [0.25, 0.3) is 10.8 Å². The van der Waals surface area contributed by atoms with Crippen molar-refractivity contribution < 1.29 is 9.59 Å². The van der Waals surface area contributed by atoms with Crippen LogP contribution in [0.1, 0.15) is 44.7 Å². The highest BCUT2D eigenvalue weighted by Crippen LogP contribution is 2.49. The molecule has 0 spiro atoms. The molecule has 0 amide bonds. The molecule has 0 radical (unpaired) electrons. The third kappa shape index (κ3) is 2.71. The predicted octanol–water partition coefficient (Wildman–Crippen LogP) is 5.42. The second-order valence-corrected chi connectivity index (χ2v) is 11.5. The fourth-order valence-electron chi connectivity index (χ4n) is 6.53. The number of rotatable bonds is 2. The third-order valence-electron chi connectivity index (χ3n) is 9.22. The molecule has 0 saturated heterocycles. The minimum atomic E-state index is -0.733. The Morgan fingerprint density at radius 3 is 2.03 bits per heavy atom. The van der Waals surface area contributed by atoms with E-state index < -0.39 is 5.92 Å². The van der Waals surface area contributed by atoms with Crippen molar-refractivity contribution in [2.45, 2.75) is 50.7 Å². The highest BCUT2D eigenvalue weighted by molar-refractivity contribution is 6.42. The molecule has 5 heteroatoms. The topological polar surface area (TPSA) is 43.9 Å². The summed E-state index contributed by atoms with van der Waals surface area (Å²) in [5.41, 5.74) is 5.39. The molecule has 3 aliphatic rings. The van der Waals surface area contributed by atoms with Crippen molar-refractivity contribution in [1.82, 2.24) is 0 Å². The molecule has 3 aromatic rings. The summed E-state index contributed by atoms with van der Waals surface area (Å²) in [5.74, 6) is -0.874. The molecule has 5 nitrogen and oxygen atoms in total. The van der Waals surface area contributed by atoms with Gasteiger partial charge in [-0.25, -0.2) is 0 Å². The van der Waals surface area contributed by atoms with E-state index in [1.54, 1.807) is 0 Å². The zero-order chi connectivity index (χ0) is 25.7. The van der Waals surface area contributed by atoms with Crippen molar-refractivity contribution in [2.24, 2.45) is 0 Å². The average Bonchev–Trinajstić information content (AvgIpc) is 3.05. The van der Waals surface area contributed by atoms with E-state index in [9.17, 15) is 9.59 Å². The number of Topliss-reactive ketones (excluding diaryl/α,β-unsaturated/α-hetero) is 2. The molecule has 1 atom stereocenters. The van der Waals surface area contributed by atoms with Crippen LogP contribution in [0.4, 0.5) is 17.1 Å². The first-order chi connectivity index (χ1) is 17.0. The molecule has 0 N–H and O–H groups in total. The maximum Gasteiger partial charge on any atom is 0.181 e. The molecular formula is C31H33N3O2. The monoisotopic (exact) mass is 479 g/mol. The van der Waals surface area contributed by atoms with Gasteiger partial charge in [0.25, 0.3) is 0 Å². The van der Waals surface area contributed by atoms with Gasteiger partial charge in [-0.05, 0) is 54.6 Å². The van der Waals surface area contributed by atoms with Crippen molar-refractivity contribution >= 4 is 39.4 Å². The van der Waals surface area contributed by atoms with Crippen LogP contribution in [-0.4, -0.2) is 44.4 Å².